The van der Waals surface area contributed by atoms with Gasteiger partial charge < -0.3 is 5.73 Å². The average Bonchev–Trinajstić information content (AvgIpc) is 2.38. The summed E-state index contributed by atoms with van der Waals surface area (Å²) in [5.41, 5.74) is 8.35. The normalized spacial score (nSPS) is 19.9. The summed E-state index contributed by atoms with van der Waals surface area (Å²) in [6.45, 7) is 2.04. The van der Waals surface area contributed by atoms with Crippen LogP contribution in [0.5, 0.6) is 0 Å². The fraction of sp³-hybridized carbons (Fsp3) is 0.533. The first-order valence-electron chi connectivity index (χ1n) is 6.80. The summed E-state index contributed by atoms with van der Waals surface area (Å²) < 4.78 is 26.1. The number of nitrogens with two attached hydrogens (primary N) is 1. The molecule has 1 fully saturated rings. The predicted molar refractivity (Wildman–Crippen MR) is 74.0 cm³/mol. The number of hydrogen-bond acceptors (Lipinski definition) is 2. The van der Waals surface area contributed by atoms with E-state index in [9.17, 15) is 8.78 Å². The van der Waals surface area contributed by atoms with Gasteiger partial charge in [0.05, 0.1) is 11.9 Å². The van der Waals surface area contributed by atoms with Crippen LogP contribution in [0.4, 0.5) is 14.5 Å². The van der Waals surface area contributed by atoms with Gasteiger partial charge >= 0.3 is 0 Å². The molecule has 1 saturated carbocycles. The molecule has 0 spiro atoms. The van der Waals surface area contributed by atoms with Crippen molar-refractivity contribution in [2.75, 3.05) is 5.73 Å². The van der Waals surface area contributed by atoms with Gasteiger partial charge in [-0.05, 0) is 36.8 Å². The maximum Gasteiger partial charge on any atom is 0.248 e. The fourth-order valence-electron chi connectivity index (χ4n) is 2.46. The van der Waals surface area contributed by atoms with Crippen molar-refractivity contribution in [1.82, 2.24) is 4.98 Å². The van der Waals surface area contributed by atoms with Crippen molar-refractivity contribution < 1.29 is 8.78 Å². The highest BCUT2D eigenvalue weighted by Gasteiger charge is 2.33. The lowest BCUT2D eigenvalue weighted by Crippen LogP contribution is -2.23. The summed E-state index contributed by atoms with van der Waals surface area (Å²) in [7, 11) is 0. The number of halogens is 2. The summed E-state index contributed by atoms with van der Waals surface area (Å²) >= 11 is 0. The van der Waals surface area contributed by atoms with Gasteiger partial charge in [0.2, 0.25) is 5.92 Å². The Hall–Kier alpha value is -1.45. The van der Waals surface area contributed by atoms with Crippen LogP contribution in [-0.4, -0.2) is 10.9 Å². The second kappa shape index (κ2) is 5.68. The van der Waals surface area contributed by atoms with Crippen LogP contribution in [0.3, 0.4) is 0 Å². The zero-order valence-corrected chi connectivity index (χ0v) is 11.2. The van der Waals surface area contributed by atoms with E-state index >= 15 is 0 Å². The van der Waals surface area contributed by atoms with Crippen LogP contribution in [0, 0.1) is 5.92 Å². The maximum atomic E-state index is 13.1. The number of hydrogen-bond donors (Lipinski definition) is 1. The van der Waals surface area contributed by atoms with E-state index in [2.05, 4.69) is 4.98 Å². The molecule has 1 aromatic rings. The Morgan fingerprint density at radius 2 is 2.11 bits per heavy atom. The molecule has 104 valence electrons. The van der Waals surface area contributed by atoms with Crippen LogP contribution in [0.1, 0.15) is 43.9 Å². The molecule has 0 atom stereocenters. The van der Waals surface area contributed by atoms with Crippen LogP contribution < -0.4 is 5.73 Å². The third kappa shape index (κ3) is 3.75. The van der Waals surface area contributed by atoms with E-state index in [1.54, 1.807) is 6.20 Å². The molecule has 2 nitrogen and oxygen atoms in total. The quantitative estimate of drug-likeness (QED) is 0.895. The Morgan fingerprint density at radius 1 is 1.42 bits per heavy atom. The monoisotopic (exact) mass is 266 g/mol. The van der Waals surface area contributed by atoms with Crippen molar-refractivity contribution in [1.29, 1.82) is 0 Å². The number of anilines is 1. The number of alkyl halides is 2. The van der Waals surface area contributed by atoms with Crippen molar-refractivity contribution in [2.45, 2.75) is 45.0 Å². The van der Waals surface area contributed by atoms with Crippen LogP contribution in [0.25, 0.3) is 6.08 Å². The highest BCUT2D eigenvalue weighted by atomic mass is 19.3. The molecule has 0 saturated heterocycles. The van der Waals surface area contributed by atoms with Gasteiger partial charge in [0.25, 0.3) is 0 Å². The minimum Gasteiger partial charge on any atom is -0.397 e. The molecule has 1 aliphatic rings. The largest absolute Gasteiger partial charge is 0.397 e. The SMILES string of the molecule is CCc1ncc(N)cc1/C=C/C1CCC(F)(F)CC1. The van der Waals surface area contributed by atoms with E-state index in [0.29, 0.717) is 18.5 Å². The van der Waals surface area contributed by atoms with Crippen LogP contribution in [-0.2, 0) is 6.42 Å². The Morgan fingerprint density at radius 3 is 2.74 bits per heavy atom. The highest BCUT2D eigenvalue weighted by molar-refractivity contribution is 5.57. The Bertz CT molecular complexity index is 459. The molecule has 0 radical (unpaired) electrons. The van der Waals surface area contributed by atoms with Crippen molar-refractivity contribution in [2.24, 2.45) is 5.92 Å². The molecule has 0 aromatic carbocycles. The Labute approximate surface area is 112 Å². The van der Waals surface area contributed by atoms with Gasteiger partial charge in [-0.15, -0.1) is 0 Å². The molecule has 0 bridgehead atoms. The van der Waals surface area contributed by atoms with E-state index in [-0.39, 0.29) is 18.8 Å². The molecule has 2 N–H and O–H groups in total. The molecular formula is C15H20F2N2. The maximum absolute atomic E-state index is 13.1. The van der Waals surface area contributed by atoms with Crippen LogP contribution in [0.15, 0.2) is 18.3 Å². The van der Waals surface area contributed by atoms with Gasteiger partial charge in [0, 0.05) is 18.5 Å². The number of aromatic nitrogens is 1. The van der Waals surface area contributed by atoms with Gasteiger partial charge in [-0.1, -0.05) is 19.1 Å². The third-order valence-corrected chi connectivity index (χ3v) is 3.67. The van der Waals surface area contributed by atoms with Gasteiger partial charge in [0.15, 0.2) is 0 Å². The standard InChI is InChI=1S/C15H20F2N2/c1-2-14-12(9-13(18)10-19-14)4-3-11-5-7-15(16,17)8-6-11/h3-4,9-11H,2,5-8,18H2,1H3/b4-3+. The Kier molecular flexibility index (Phi) is 4.17. The van der Waals surface area contributed by atoms with Crippen molar-refractivity contribution in [3.63, 3.8) is 0 Å². The van der Waals surface area contributed by atoms with Gasteiger partial charge in [0.1, 0.15) is 0 Å². The van der Waals surface area contributed by atoms with Gasteiger partial charge in [-0.2, -0.15) is 0 Å². The number of nitrogen functional groups attached to an aromatic ring is 1. The molecule has 0 unspecified atom stereocenters. The molecule has 19 heavy (non-hydrogen) atoms. The van der Waals surface area contributed by atoms with Crippen molar-refractivity contribution >= 4 is 11.8 Å². The summed E-state index contributed by atoms with van der Waals surface area (Å²) in [5.74, 6) is -2.22. The van der Waals surface area contributed by atoms with Crippen molar-refractivity contribution in [3.8, 4) is 0 Å². The summed E-state index contributed by atoms with van der Waals surface area (Å²) in [6.07, 6.45) is 7.61. The topological polar surface area (TPSA) is 38.9 Å². The zero-order chi connectivity index (χ0) is 13.9. The summed E-state index contributed by atoms with van der Waals surface area (Å²) in [4.78, 5) is 4.29. The summed E-state index contributed by atoms with van der Waals surface area (Å²) in [5, 5.41) is 0. The first-order valence-corrected chi connectivity index (χ1v) is 6.80. The Balaban J connectivity index is 2.05. The molecule has 0 aliphatic heterocycles. The smallest absolute Gasteiger partial charge is 0.248 e. The second-order valence-electron chi connectivity index (χ2n) is 5.21. The minimum atomic E-state index is -2.46. The van der Waals surface area contributed by atoms with E-state index < -0.39 is 5.92 Å². The van der Waals surface area contributed by atoms with E-state index in [4.69, 9.17) is 5.73 Å². The van der Waals surface area contributed by atoms with E-state index in [1.807, 2.05) is 25.1 Å². The summed E-state index contributed by atoms with van der Waals surface area (Å²) in [6, 6.07) is 1.89. The highest BCUT2D eigenvalue weighted by Crippen LogP contribution is 2.36. The first kappa shape index (κ1) is 14.0. The second-order valence-corrected chi connectivity index (χ2v) is 5.21. The average molecular weight is 266 g/mol. The predicted octanol–water partition coefficient (Wildman–Crippen LogP) is 4.06. The lowest BCUT2D eigenvalue weighted by Gasteiger charge is -2.26. The number of allylic oxidation sites excluding steroid dienone is 1. The molecule has 2 rings (SSSR count). The third-order valence-electron chi connectivity index (χ3n) is 3.67. The molecule has 0 amide bonds. The number of aryl methyl sites for hydroxylation is 1. The number of pyridine rings is 1. The molecule has 1 aromatic heterocycles. The molecule has 4 heteroatoms. The van der Waals surface area contributed by atoms with E-state index in [0.717, 1.165) is 17.7 Å². The van der Waals surface area contributed by atoms with Crippen LogP contribution in [0.2, 0.25) is 0 Å². The lowest BCUT2D eigenvalue weighted by molar-refractivity contribution is -0.0410. The molecule has 1 heterocycles. The molecular weight excluding hydrogens is 246 g/mol. The number of nitrogens with zero attached hydrogens (tertiary/aromatic N) is 1. The van der Waals surface area contributed by atoms with Gasteiger partial charge in [-0.3, -0.25) is 4.98 Å². The zero-order valence-electron chi connectivity index (χ0n) is 11.2. The van der Waals surface area contributed by atoms with Gasteiger partial charge in [-0.25, -0.2) is 8.78 Å². The van der Waals surface area contributed by atoms with E-state index in [1.165, 1.54) is 0 Å². The lowest BCUT2D eigenvalue weighted by atomic mass is 9.86. The first-order chi connectivity index (χ1) is 9.00. The number of rotatable bonds is 3. The van der Waals surface area contributed by atoms with Crippen molar-refractivity contribution in [3.05, 3.63) is 29.6 Å². The molecule has 1 aliphatic carbocycles. The minimum absolute atomic E-state index is 0.00216. The fourth-order valence-corrected chi connectivity index (χ4v) is 2.46. The van der Waals surface area contributed by atoms with Crippen LogP contribution >= 0.6 is 0 Å².